The molecule has 39 heavy (non-hydrogen) atoms. The molecule has 5 aromatic rings. The van der Waals surface area contributed by atoms with Gasteiger partial charge in [0.25, 0.3) is 5.91 Å². The molecule has 6 heteroatoms. The molecule has 1 amide bonds. The summed E-state index contributed by atoms with van der Waals surface area (Å²) in [5.74, 6) is 0.0911. The standard InChI is InChI=1S/C33H26ClN3O2/c34-31-17-9-7-11-26(31)24-39-32-18-10-8-16-30(32)33(38)36-35-23-25-19-21-29(22-20-25)37(27-12-3-1-4-13-27)28-14-5-2-6-15-28/h1-23H,24H2,(H,36,38). The van der Waals surface area contributed by atoms with Crippen molar-refractivity contribution in [2.45, 2.75) is 6.61 Å². The van der Waals surface area contributed by atoms with E-state index in [2.05, 4.69) is 39.7 Å². The van der Waals surface area contributed by atoms with Crippen LogP contribution in [0, 0.1) is 0 Å². The minimum absolute atomic E-state index is 0.253. The molecular formula is C33H26ClN3O2. The number of hydrazone groups is 1. The maximum Gasteiger partial charge on any atom is 0.275 e. The van der Waals surface area contributed by atoms with Crippen LogP contribution in [0.15, 0.2) is 139 Å². The van der Waals surface area contributed by atoms with Crippen LogP contribution >= 0.6 is 11.6 Å². The SMILES string of the molecule is O=C(NN=Cc1ccc(N(c2ccccc2)c2ccccc2)cc1)c1ccccc1OCc1ccccc1Cl. The van der Waals surface area contributed by atoms with Crippen molar-refractivity contribution in [2.24, 2.45) is 5.10 Å². The first-order valence-electron chi connectivity index (χ1n) is 12.5. The zero-order valence-corrected chi connectivity index (χ0v) is 21.8. The van der Waals surface area contributed by atoms with E-state index < -0.39 is 0 Å². The molecule has 1 N–H and O–H groups in total. The third kappa shape index (κ3) is 6.53. The third-order valence-electron chi connectivity index (χ3n) is 6.03. The monoisotopic (exact) mass is 531 g/mol. The Kier molecular flexibility index (Phi) is 8.31. The highest BCUT2D eigenvalue weighted by molar-refractivity contribution is 6.31. The Hall–Kier alpha value is -4.87. The molecule has 0 heterocycles. The second-order valence-electron chi connectivity index (χ2n) is 8.67. The smallest absolute Gasteiger partial charge is 0.275 e. The van der Waals surface area contributed by atoms with Crippen LogP contribution in [0.1, 0.15) is 21.5 Å². The average molecular weight is 532 g/mol. The Balaban J connectivity index is 1.26. The lowest BCUT2D eigenvalue weighted by atomic mass is 10.1. The zero-order chi connectivity index (χ0) is 26.9. The molecule has 0 fully saturated rings. The Bertz CT molecular complexity index is 1520. The second-order valence-corrected chi connectivity index (χ2v) is 9.08. The molecule has 5 rings (SSSR count). The van der Waals surface area contributed by atoms with Gasteiger partial charge < -0.3 is 9.64 Å². The van der Waals surface area contributed by atoms with E-state index in [1.807, 2.05) is 84.9 Å². The molecule has 0 saturated carbocycles. The molecule has 0 aliphatic carbocycles. The molecule has 0 atom stereocenters. The highest BCUT2D eigenvalue weighted by atomic mass is 35.5. The van der Waals surface area contributed by atoms with Gasteiger partial charge in [0.1, 0.15) is 12.4 Å². The Morgan fingerprint density at radius 2 is 1.28 bits per heavy atom. The number of nitrogens with zero attached hydrogens (tertiary/aromatic N) is 2. The molecule has 0 saturated heterocycles. The van der Waals surface area contributed by atoms with Crippen LogP contribution in [0.2, 0.25) is 5.02 Å². The zero-order valence-electron chi connectivity index (χ0n) is 21.1. The van der Waals surface area contributed by atoms with Crippen molar-refractivity contribution < 1.29 is 9.53 Å². The van der Waals surface area contributed by atoms with Crippen LogP contribution in [0.4, 0.5) is 17.1 Å². The minimum Gasteiger partial charge on any atom is -0.488 e. The number of nitrogens with one attached hydrogen (secondary N) is 1. The topological polar surface area (TPSA) is 53.9 Å². The van der Waals surface area contributed by atoms with Crippen molar-refractivity contribution in [2.75, 3.05) is 4.90 Å². The lowest BCUT2D eigenvalue weighted by molar-refractivity contribution is 0.0950. The molecule has 0 aromatic heterocycles. The number of anilines is 3. The summed E-state index contributed by atoms with van der Waals surface area (Å²) in [7, 11) is 0. The van der Waals surface area contributed by atoms with E-state index in [1.165, 1.54) is 0 Å². The number of carbonyl (C=O) groups is 1. The van der Waals surface area contributed by atoms with Crippen LogP contribution in [0.5, 0.6) is 5.75 Å². The van der Waals surface area contributed by atoms with Crippen LogP contribution < -0.4 is 15.1 Å². The van der Waals surface area contributed by atoms with E-state index in [0.717, 1.165) is 28.2 Å². The fourth-order valence-corrected chi connectivity index (χ4v) is 4.28. The van der Waals surface area contributed by atoms with Crippen LogP contribution in [0.25, 0.3) is 0 Å². The van der Waals surface area contributed by atoms with Gasteiger partial charge in [0, 0.05) is 27.6 Å². The number of rotatable bonds is 9. The quantitative estimate of drug-likeness (QED) is 0.154. The number of carbonyl (C=O) groups excluding carboxylic acids is 1. The van der Waals surface area contributed by atoms with Crippen LogP contribution in [0.3, 0.4) is 0 Å². The molecule has 0 unspecified atom stereocenters. The van der Waals surface area contributed by atoms with Crippen molar-refractivity contribution >= 4 is 40.8 Å². The predicted octanol–water partition coefficient (Wildman–Crippen LogP) is 8.15. The number of benzene rings is 5. The van der Waals surface area contributed by atoms with E-state index in [1.54, 1.807) is 30.5 Å². The maximum atomic E-state index is 12.9. The van der Waals surface area contributed by atoms with E-state index >= 15 is 0 Å². The van der Waals surface area contributed by atoms with Crippen molar-refractivity contribution in [3.8, 4) is 5.75 Å². The summed E-state index contributed by atoms with van der Waals surface area (Å²) in [5.41, 5.74) is 7.82. The summed E-state index contributed by atoms with van der Waals surface area (Å²) < 4.78 is 5.90. The minimum atomic E-state index is -0.364. The van der Waals surface area contributed by atoms with E-state index in [4.69, 9.17) is 16.3 Å². The van der Waals surface area contributed by atoms with Crippen molar-refractivity contribution in [1.29, 1.82) is 0 Å². The van der Waals surface area contributed by atoms with Crippen molar-refractivity contribution in [1.82, 2.24) is 5.43 Å². The van der Waals surface area contributed by atoms with Crippen LogP contribution in [-0.2, 0) is 6.61 Å². The first-order chi connectivity index (χ1) is 19.2. The first-order valence-corrected chi connectivity index (χ1v) is 12.9. The fraction of sp³-hybridized carbons (Fsp3) is 0.0303. The molecule has 0 bridgehead atoms. The Morgan fingerprint density at radius 1 is 0.718 bits per heavy atom. The van der Waals surface area contributed by atoms with Crippen molar-refractivity contribution in [3.05, 3.63) is 155 Å². The Labute approximate surface area is 233 Å². The summed E-state index contributed by atoms with van der Waals surface area (Å²) in [4.78, 5) is 15.0. The molecule has 0 spiro atoms. The normalized spacial score (nSPS) is 10.8. The van der Waals surface area contributed by atoms with Gasteiger partial charge in [0.05, 0.1) is 11.8 Å². The fourth-order valence-electron chi connectivity index (χ4n) is 4.09. The summed E-state index contributed by atoms with van der Waals surface area (Å²) in [6.45, 7) is 0.253. The van der Waals surface area contributed by atoms with Crippen molar-refractivity contribution in [3.63, 3.8) is 0 Å². The van der Waals surface area contributed by atoms with E-state index in [-0.39, 0.29) is 12.5 Å². The van der Waals surface area contributed by atoms with Gasteiger partial charge in [-0.1, -0.05) is 90.5 Å². The van der Waals surface area contributed by atoms with Gasteiger partial charge in [-0.15, -0.1) is 0 Å². The lowest BCUT2D eigenvalue weighted by Gasteiger charge is -2.25. The summed E-state index contributed by atoms with van der Waals surface area (Å²) >= 11 is 6.23. The second kappa shape index (κ2) is 12.6. The van der Waals surface area contributed by atoms with E-state index in [0.29, 0.717) is 16.3 Å². The molecule has 192 valence electrons. The van der Waals surface area contributed by atoms with Gasteiger partial charge in [-0.25, -0.2) is 5.43 Å². The van der Waals surface area contributed by atoms with Gasteiger partial charge in [0.2, 0.25) is 0 Å². The van der Waals surface area contributed by atoms with Gasteiger partial charge in [-0.05, 0) is 60.2 Å². The summed E-state index contributed by atoms with van der Waals surface area (Å²) in [6.07, 6.45) is 1.62. The number of amides is 1. The van der Waals surface area contributed by atoms with Gasteiger partial charge in [-0.3, -0.25) is 4.79 Å². The molecule has 5 aromatic carbocycles. The highest BCUT2D eigenvalue weighted by Crippen LogP contribution is 2.34. The number of hydrogen-bond donors (Lipinski definition) is 1. The summed E-state index contributed by atoms with van der Waals surface area (Å²) in [6, 6.07) is 42.9. The maximum absolute atomic E-state index is 12.9. The van der Waals surface area contributed by atoms with Crippen LogP contribution in [-0.4, -0.2) is 12.1 Å². The number of halogens is 1. The first kappa shape index (κ1) is 25.8. The molecule has 0 aliphatic rings. The molecule has 0 aliphatic heterocycles. The van der Waals surface area contributed by atoms with E-state index in [9.17, 15) is 4.79 Å². The molecule has 5 nitrogen and oxygen atoms in total. The largest absolute Gasteiger partial charge is 0.488 e. The number of ether oxygens (including phenoxy) is 1. The van der Waals surface area contributed by atoms with Gasteiger partial charge in [-0.2, -0.15) is 5.10 Å². The molecule has 0 radical (unpaired) electrons. The Morgan fingerprint density at radius 3 is 1.95 bits per heavy atom. The number of para-hydroxylation sites is 3. The van der Waals surface area contributed by atoms with Gasteiger partial charge >= 0.3 is 0 Å². The highest BCUT2D eigenvalue weighted by Gasteiger charge is 2.13. The third-order valence-corrected chi connectivity index (χ3v) is 6.40. The lowest BCUT2D eigenvalue weighted by Crippen LogP contribution is -2.18. The predicted molar refractivity (Wildman–Crippen MR) is 158 cm³/mol. The van der Waals surface area contributed by atoms with Gasteiger partial charge in [0.15, 0.2) is 0 Å². The number of hydrogen-bond acceptors (Lipinski definition) is 4. The molecular weight excluding hydrogens is 506 g/mol. The summed E-state index contributed by atoms with van der Waals surface area (Å²) in [5, 5.41) is 4.78. The average Bonchev–Trinajstić information content (AvgIpc) is 2.99.